The van der Waals surface area contributed by atoms with E-state index in [1.165, 1.54) is 43.6 Å². The summed E-state index contributed by atoms with van der Waals surface area (Å²) in [6.07, 6.45) is 7.98. The van der Waals surface area contributed by atoms with E-state index in [1.807, 2.05) is 0 Å². The Kier molecular flexibility index (Phi) is 2.33. The number of rotatable bonds is 5. The topological polar surface area (TPSA) is 29.3 Å². The predicted octanol–water partition coefficient (Wildman–Crippen LogP) is 2.98. The zero-order valence-corrected chi connectivity index (χ0v) is 11.6. The van der Waals surface area contributed by atoms with Crippen LogP contribution in [0.1, 0.15) is 37.1 Å². The van der Waals surface area contributed by atoms with Gasteiger partial charge in [0.2, 0.25) is 0 Å². The van der Waals surface area contributed by atoms with Gasteiger partial charge in [0, 0.05) is 24.7 Å². The fourth-order valence-electron chi connectivity index (χ4n) is 3.17. The molecule has 2 aromatic heterocycles. The summed E-state index contributed by atoms with van der Waals surface area (Å²) in [5, 5.41) is 5.79. The Morgan fingerprint density at radius 1 is 1.50 bits per heavy atom. The first-order valence-electron chi connectivity index (χ1n) is 6.90. The largest absolute Gasteiger partial charge is 0.311 e. The molecule has 0 bridgehead atoms. The zero-order valence-electron chi connectivity index (χ0n) is 10.8. The lowest BCUT2D eigenvalue weighted by Crippen LogP contribution is -2.25. The van der Waals surface area contributed by atoms with Crippen LogP contribution in [0.2, 0.25) is 0 Å². The number of imidazole rings is 1. The van der Waals surface area contributed by atoms with Crippen molar-refractivity contribution in [3.05, 3.63) is 23.0 Å². The van der Waals surface area contributed by atoms with E-state index in [4.69, 9.17) is 0 Å². The third-order valence-electron chi connectivity index (χ3n) is 4.67. The Hall–Kier alpha value is -0.870. The van der Waals surface area contributed by atoms with Gasteiger partial charge in [-0.2, -0.15) is 0 Å². The lowest BCUT2D eigenvalue weighted by atomic mass is 10.0. The van der Waals surface area contributed by atoms with E-state index in [-0.39, 0.29) is 0 Å². The second-order valence-electron chi connectivity index (χ2n) is 5.94. The van der Waals surface area contributed by atoms with Crippen LogP contribution in [0.25, 0.3) is 4.96 Å². The molecule has 2 aromatic rings. The van der Waals surface area contributed by atoms with Crippen LogP contribution in [-0.4, -0.2) is 15.9 Å². The molecule has 0 spiro atoms. The third-order valence-corrected chi connectivity index (χ3v) is 5.42. The summed E-state index contributed by atoms with van der Waals surface area (Å²) < 4.78 is 2.23. The number of fused-ring (bicyclic) bond motifs is 1. The molecule has 4 heteroatoms. The summed E-state index contributed by atoms with van der Waals surface area (Å²) in [6.45, 7) is 4.27. The summed E-state index contributed by atoms with van der Waals surface area (Å²) >= 11 is 1.71. The maximum atomic E-state index is 4.59. The first-order valence-corrected chi connectivity index (χ1v) is 7.78. The first-order chi connectivity index (χ1) is 8.78. The minimum Gasteiger partial charge on any atom is -0.311 e. The molecule has 2 aliphatic carbocycles. The van der Waals surface area contributed by atoms with Crippen LogP contribution in [0.4, 0.5) is 0 Å². The van der Waals surface area contributed by atoms with E-state index < -0.39 is 0 Å². The molecule has 18 heavy (non-hydrogen) atoms. The molecule has 0 aliphatic heterocycles. The molecule has 2 heterocycles. The van der Waals surface area contributed by atoms with Crippen molar-refractivity contribution in [1.29, 1.82) is 0 Å². The average Bonchev–Trinajstić information content (AvgIpc) is 3.23. The van der Waals surface area contributed by atoms with Crippen molar-refractivity contribution in [2.45, 2.75) is 39.2 Å². The fourth-order valence-corrected chi connectivity index (χ4v) is 3.95. The molecule has 0 amide bonds. The maximum absolute atomic E-state index is 4.59. The molecule has 0 aromatic carbocycles. The Morgan fingerprint density at radius 3 is 3.06 bits per heavy atom. The molecule has 3 nitrogen and oxygen atoms in total. The molecule has 0 atom stereocenters. The first kappa shape index (κ1) is 11.0. The monoisotopic (exact) mass is 261 g/mol. The molecule has 0 unspecified atom stereocenters. The van der Waals surface area contributed by atoms with Crippen LogP contribution in [0.3, 0.4) is 0 Å². The quantitative estimate of drug-likeness (QED) is 0.896. The van der Waals surface area contributed by atoms with E-state index >= 15 is 0 Å². The van der Waals surface area contributed by atoms with Crippen molar-refractivity contribution in [2.75, 3.05) is 6.54 Å². The lowest BCUT2D eigenvalue weighted by Gasteiger charge is -2.14. The van der Waals surface area contributed by atoms with Gasteiger partial charge in [-0.05, 0) is 43.9 Å². The van der Waals surface area contributed by atoms with E-state index in [0.717, 1.165) is 17.4 Å². The van der Waals surface area contributed by atoms with Crippen LogP contribution in [0, 0.1) is 18.3 Å². The Balaban J connectivity index is 1.45. The van der Waals surface area contributed by atoms with Gasteiger partial charge in [0.15, 0.2) is 4.96 Å². The molecule has 2 saturated carbocycles. The fraction of sp³-hybridized carbons (Fsp3) is 0.643. The van der Waals surface area contributed by atoms with Gasteiger partial charge in [0.1, 0.15) is 0 Å². The molecule has 4 rings (SSSR count). The van der Waals surface area contributed by atoms with Crippen LogP contribution < -0.4 is 5.32 Å². The van der Waals surface area contributed by atoms with Crippen molar-refractivity contribution < 1.29 is 0 Å². The third kappa shape index (κ3) is 1.70. The standard InChI is InChI=1S/C14H19N3S/c1-10-12(17-6-7-18-13(17)16-10)8-15-9-14(4-5-14)11-2-3-11/h6-7,11,15H,2-5,8-9H2,1H3. The molecule has 1 N–H and O–H groups in total. The van der Waals surface area contributed by atoms with Crippen molar-refractivity contribution in [1.82, 2.24) is 14.7 Å². The summed E-state index contributed by atoms with van der Waals surface area (Å²) in [5.41, 5.74) is 3.19. The van der Waals surface area contributed by atoms with Crippen LogP contribution in [0.5, 0.6) is 0 Å². The highest BCUT2D eigenvalue weighted by molar-refractivity contribution is 7.15. The number of aryl methyl sites for hydroxylation is 1. The average molecular weight is 261 g/mol. The second kappa shape index (κ2) is 3.81. The van der Waals surface area contributed by atoms with Gasteiger partial charge in [-0.3, -0.25) is 4.40 Å². The van der Waals surface area contributed by atoms with Crippen LogP contribution in [0.15, 0.2) is 11.6 Å². The minimum absolute atomic E-state index is 0.687. The Bertz CT molecular complexity index is 575. The number of nitrogens with one attached hydrogen (secondary N) is 1. The maximum Gasteiger partial charge on any atom is 0.194 e. The predicted molar refractivity (Wildman–Crippen MR) is 73.9 cm³/mol. The van der Waals surface area contributed by atoms with Crippen molar-refractivity contribution in [2.24, 2.45) is 11.3 Å². The SMILES string of the molecule is Cc1nc2sccn2c1CNCC1(C2CC2)CC1. The van der Waals surface area contributed by atoms with Crippen LogP contribution in [-0.2, 0) is 6.54 Å². The minimum atomic E-state index is 0.687. The number of hydrogen-bond donors (Lipinski definition) is 1. The van der Waals surface area contributed by atoms with Gasteiger partial charge in [-0.25, -0.2) is 4.98 Å². The van der Waals surface area contributed by atoms with Gasteiger partial charge < -0.3 is 5.32 Å². The van der Waals surface area contributed by atoms with E-state index in [1.54, 1.807) is 11.3 Å². The lowest BCUT2D eigenvalue weighted by molar-refractivity contribution is 0.402. The summed E-state index contributed by atoms with van der Waals surface area (Å²) in [7, 11) is 0. The Labute approximate surface area is 111 Å². The number of thiazole rings is 1. The van der Waals surface area contributed by atoms with E-state index in [0.29, 0.717) is 5.41 Å². The van der Waals surface area contributed by atoms with Crippen molar-refractivity contribution in [3.63, 3.8) is 0 Å². The number of hydrogen-bond acceptors (Lipinski definition) is 3. The van der Waals surface area contributed by atoms with Crippen LogP contribution >= 0.6 is 11.3 Å². The molecule has 2 fully saturated rings. The molecular formula is C14H19N3S. The molecule has 0 saturated heterocycles. The summed E-state index contributed by atoms with van der Waals surface area (Å²) in [4.78, 5) is 5.71. The van der Waals surface area contributed by atoms with Gasteiger partial charge >= 0.3 is 0 Å². The van der Waals surface area contributed by atoms with Crippen molar-refractivity contribution >= 4 is 16.3 Å². The van der Waals surface area contributed by atoms with E-state index in [2.05, 4.69) is 33.2 Å². The Morgan fingerprint density at radius 2 is 2.33 bits per heavy atom. The summed E-state index contributed by atoms with van der Waals surface area (Å²) in [6, 6.07) is 0. The van der Waals surface area contributed by atoms with Gasteiger partial charge in [-0.15, -0.1) is 11.3 Å². The van der Waals surface area contributed by atoms with Gasteiger partial charge in [-0.1, -0.05) is 0 Å². The molecule has 0 radical (unpaired) electrons. The molecular weight excluding hydrogens is 242 g/mol. The highest BCUT2D eigenvalue weighted by Crippen LogP contribution is 2.60. The van der Waals surface area contributed by atoms with Crippen molar-refractivity contribution in [3.8, 4) is 0 Å². The highest BCUT2D eigenvalue weighted by atomic mass is 32.1. The molecule has 96 valence electrons. The van der Waals surface area contributed by atoms with E-state index in [9.17, 15) is 0 Å². The summed E-state index contributed by atoms with van der Waals surface area (Å²) in [5.74, 6) is 1.04. The zero-order chi connectivity index (χ0) is 12.2. The second-order valence-corrected chi connectivity index (χ2v) is 6.81. The van der Waals surface area contributed by atoms with Gasteiger partial charge in [0.05, 0.1) is 11.4 Å². The molecule has 2 aliphatic rings. The number of nitrogens with zero attached hydrogens (tertiary/aromatic N) is 2. The highest BCUT2D eigenvalue weighted by Gasteiger charge is 2.53. The smallest absolute Gasteiger partial charge is 0.194 e. The normalized spacial score (nSPS) is 21.6. The van der Waals surface area contributed by atoms with Gasteiger partial charge in [0.25, 0.3) is 0 Å². The number of aromatic nitrogens is 2.